The summed E-state index contributed by atoms with van der Waals surface area (Å²) in [4.78, 5) is 14.1. The maximum Gasteiger partial charge on any atom is 0.0101 e. The highest BCUT2D eigenvalue weighted by atomic mass is 15.2. The first-order valence-corrected chi connectivity index (χ1v) is 58.3. The normalized spacial score (nSPS) is 36.0. The molecule has 688 valence electrons. The van der Waals surface area contributed by atoms with E-state index >= 15 is 0 Å². The highest BCUT2D eigenvalue weighted by molar-refractivity contribution is 5.18. The lowest BCUT2D eigenvalue weighted by Gasteiger charge is -2.51. The second-order valence-electron chi connectivity index (χ2n) is 46.9. The summed E-state index contributed by atoms with van der Waals surface area (Å²) in [5.41, 5.74) is 0.545. The molecule has 0 aromatic rings. The van der Waals surface area contributed by atoms with Crippen LogP contribution in [0.1, 0.15) is 604 Å². The van der Waals surface area contributed by atoms with E-state index in [1.54, 1.807) is 173 Å². The van der Waals surface area contributed by atoms with Gasteiger partial charge in [-0.1, -0.05) is 398 Å². The quantitative estimate of drug-likeness (QED) is 0.193. The third-order valence-corrected chi connectivity index (χ3v) is 39.4. The lowest BCUT2D eigenvalue weighted by molar-refractivity contribution is -0.0282. The van der Waals surface area contributed by atoms with Crippen molar-refractivity contribution < 1.29 is 0 Å². The van der Waals surface area contributed by atoms with E-state index in [-0.39, 0.29) is 0 Å². The van der Waals surface area contributed by atoms with Crippen molar-refractivity contribution >= 4 is 0 Å². The zero-order valence-electron chi connectivity index (χ0n) is 80.3. The molecule has 13 atom stereocenters. The SMILES string of the molecule is C1CCCCC(N(C2CCCCCCCCC2)C2CCCCC3C(CCC2)C2CCCCC(N(C4CCCCCCCCC4)C4CCCCCCCC4)CCCC2C32C3CCCC(N(C4CCCCCCCC4)C4CCCCCCCC4)CCCCC3C3CCCC(N(C4CCCCCCCC4)C4CCCCCCCC4)CCCC32)CCCC1. The molecule has 0 radical (unpaired) electrons. The monoisotopic (exact) mass is 1650 g/mol. The number of fused-ring (bicyclic) bond motifs is 10. The van der Waals surface area contributed by atoms with E-state index in [0.29, 0.717) is 5.41 Å². The van der Waals surface area contributed by atoms with E-state index < -0.39 is 0 Å². The molecule has 0 amide bonds. The Bertz CT molecular complexity index is 2380. The largest absolute Gasteiger partial charge is 0.294 e. The number of nitrogens with zero attached hydrogens (tertiary/aromatic N) is 4. The summed E-state index contributed by atoms with van der Waals surface area (Å²) in [6.07, 6.45) is 144. The first-order chi connectivity index (χ1) is 59.2. The molecule has 0 aromatic heterocycles. The number of hydrogen-bond donors (Lipinski definition) is 0. The Balaban J connectivity index is 0.859. The molecule has 4 heteroatoms. The van der Waals surface area contributed by atoms with Crippen molar-refractivity contribution in [1.82, 2.24) is 19.6 Å². The Morgan fingerprint density at radius 2 is 0.185 bits per heavy atom. The van der Waals surface area contributed by atoms with E-state index in [1.165, 1.54) is 430 Å². The molecule has 0 aromatic carbocycles. The molecule has 14 saturated carbocycles. The van der Waals surface area contributed by atoms with Crippen LogP contribution >= 0.6 is 0 Å². The van der Waals surface area contributed by atoms with Crippen LogP contribution in [0.3, 0.4) is 0 Å². The van der Waals surface area contributed by atoms with E-state index in [9.17, 15) is 0 Å². The summed E-state index contributed by atoms with van der Waals surface area (Å²) in [5.74, 6) is 7.87. The second kappa shape index (κ2) is 54.5. The summed E-state index contributed by atoms with van der Waals surface area (Å²) in [6.45, 7) is 0. The van der Waals surface area contributed by atoms with Crippen LogP contribution in [0.2, 0.25) is 0 Å². The van der Waals surface area contributed by atoms with Gasteiger partial charge < -0.3 is 0 Å². The minimum atomic E-state index is 0.545. The van der Waals surface area contributed by atoms with Gasteiger partial charge in [0.05, 0.1) is 0 Å². The van der Waals surface area contributed by atoms with Crippen molar-refractivity contribution in [1.29, 1.82) is 0 Å². The van der Waals surface area contributed by atoms with E-state index in [1.807, 2.05) is 0 Å². The fourth-order valence-corrected chi connectivity index (χ4v) is 34.2. The van der Waals surface area contributed by atoms with Crippen LogP contribution < -0.4 is 0 Å². The van der Waals surface area contributed by atoms with Crippen LogP contribution in [0, 0.1) is 52.8 Å². The molecule has 14 aliphatic rings. The standard InChI is InChI=1S/C115H208N4/c1-4-20-36-63-95(64-37-21-5-1)116(96-65-38-22-6-2-7-23-39-66-96)103-81-54-57-91-111-109(89-58-82-103)107-87-55-52-79-104(117(98-69-42-26-10-11-27-43-70-98)97-67-40-24-8-3-9-25-41-68-97)84-60-92-112(107)115(111)113-93-61-85-105(118(99-71-44-28-12-13-29-45-72-99)100-73-46-30-14-15-31-47-74-100)80-53-56-88-108(113)110-90-59-83-106(86-62-94-114(110)115)119(101-75-48-32-16-17-33-49-76-101)102-77-50-34-18-19-35-51-78-102/h95-114H,1-94H2. The first kappa shape index (κ1) is 94.9. The molecule has 0 bridgehead atoms. The Hall–Kier alpha value is -0.160. The molecular weight excluding hydrogens is 1440 g/mol. The van der Waals surface area contributed by atoms with Crippen LogP contribution in [-0.4, -0.2) is 92.1 Å². The van der Waals surface area contributed by atoms with Gasteiger partial charge in [-0.2, -0.15) is 0 Å². The Kier molecular flexibility index (Phi) is 43.5. The number of hydrogen-bond acceptors (Lipinski definition) is 4. The van der Waals surface area contributed by atoms with Crippen LogP contribution in [0.5, 0.6) is 0 Å². The topological polar surface area (TPSA) is 13.0 Å². The van der Waals surface area contributed by atoms with Gasteiger partial charge >= 0.3 is 0 Å². The van der Waals surface area contributed by atoms with Gasteiger partial charge in [0.1, 0.15) is 0 Å². The lowest BCUT2D eigenvalue weighted by atomic mass is 9.54. The first-order valence-electron chi connectivity index (χ1n) is 58.3. The Morgan fingerprint density at radius 1 is 0.0924 bits per heavy atom. The van der Waals surface area contributed by atoms with Gasteiger partial charge in [0, 0.05) is 72.5 Å². The molecule has 4 nitrogen and oxygen atoms in total. The zero-order valence-corrected chi connectivity index (χ0v) is 80.3. The van der Waals surface area contributed by atoms with Crippen LogP contribution in [-0.2, 0) is 0 Å². The molecule has 14 rings (SSSR count). The van der Waals surface area contributed by atoms with Crippen molar-refractivity contribution in [3.63, 3.8) is 0 Å². The van der Waals surface area contributed by atoms with Gasteiger partial charge in [0.2, 0.25) is 0 Å². The van der Waals surface area contributed by atoms with Gasteiger partial charge in [0.25, 0.3) is 0 Å². The van der Waals surface area contributed by atoms with Gasteiger partial charge in [-0.05, 0) is 258 Å². The third-order valence-electron chi connectivity index (χ3n) is 39.4. The maximum absolute atomic E-state index is 3.55. The molecule has 0 heterocycles. The van der Waals surface area contributed by atoms with E-state index in [2.05, 4.69) is 19.6 Å². The van der Waals surface area contributed by atoms with E-state index in [0.717, 1.165) is 120 Å². The highest BCUT2D eigenvalue weighted by Gasteiger charge is 2.70. The molecule has 0 N–H and O–H groups in total. The maximum atomic E-state index is 3.55. The van der Waals surface area contributed by atoms with Gasteiger partial charge in [-0.3, -0.25) is 19.6 Å². The minimum absolute atomic E-state index is 0.545. The summed E-state index contributed by atoms with van der Waals surface area (Å²) in [7, 11) is 0. The minimum Gasteiger partial charge on any atom is -0.294 e. The zero-order chi connectivity index (χ0) is 80.8. The Labute approximate surface area is 743 Å². The van der Waals surface area contributed by atoms with Gasteiger partial charge in [0.15, 0.2) is 0 Å². The second-order valence-corrected chi connectivity index (χ2v) is 46.9. The molecule has 14 aliphatic carbocycles. The van der Waals surface area contributed by atoms with Gasteiger partial charge in [-0.25, -0.2) is 0 Å². The molecule has 0 aliphatic heterocycles. The fraction of sp³-hybridized carbons (Fsp3) is 1.00. The predicted molar refractivity (Wildman–Crippen MR) is 517 cm³/mol. The molecular formula is C115H208N4. The summed E-state index contributed by atoms with van der Waals surface area (Å²) in [5, 5.41) is 0. The van der Waals surface area contributed by atoms with Crippen molar-refractivity contribution in [2.24, 2.45) is 52.8 Å². The molecule has 14 fully saturated rings. The Morgan fingerprint density at radius 3 is 0.345 bits per heavy atom. The van der Waals surface area contributed by atoms with Gasteiger partial charge in [-0.15, -0.1) is 0 Å². The van der Waals surface area contributed by atoms with Crippen molar-refractivity contribution in [2.75, 3.05) is 0 Å². The third kappa shape index (κ3) is 28.0. The number of rotatable bonds is 12. The van der Waals surface area contributed by atoms with Crippen molar-refractivity contribution in [2.45, 2.75) is 676 Å². The molecule has 119 heavy (non-hydrogen) atoms. The van der Waals surface area contributed by atoms with E-state index in [4.69, 9.17) is 0 Å². The summed E-state index contributed by atoms with van der Waals surface area (Å²) < 4.78 is 0. The average Bonchev–Trinajstić information content (AvgIpc) is 1.52. The lowest BCUT2D eigenvalue weighted by Crippen LogP contribution is -2.50. The molecule has 13 unspecified atom stereocenters. The summed E-state index contributed by atoms with van der Waals surface area (Å²) >= 11 is 0. The van der Waals surface area contributed by atoms with Crippen LogP contribution in [0.15, 0.2) is 0 Å². The predicted octanol–water partition coefficient (Wildman–Crippen LogP) is 35.4. The van der Waals surface area contributed by atoms with Crippen molar-refractivity contribution in [3.05, 3.63) is 0 Å². The molecule has 1 spiro atoms. The average molecular weight is 1650 g/mol. The van der Waals surface area contributed by atoms with Crippen LogP contribution in [0.25, 0.3) is 0 Å². The highest BCUT2D eigenvalue weighted by Crippen LogP contribution is 2.76. The van der Waals surface area contributed by atoms with Crippen LogP contribution in [0.4, 0.5) is 0 Å². The molecule has 0 saturated heterocycles. The van der Waals surface area contributed by atoms with Crippen molar-refractivity contribution in [3.8, 4) is 0 Å². The smallest absolute Gasteiger partial charge is 0.0101 e. The fourth-order valence-electron chi connectivity index (χ4n) is 34.2. The summed E-state index contributed by atoms with van der Waals surface area (Å²) in [6, 6.07) is 10.2.